The van der Waals surface area contributed by atoms with E-state index in [1.807, 2.05) is 13.8 Å². The summed E-state index contributed by atoms with van der Waals surface area (Å²) in [5, 5.41) is 18.5. The minimum Gasteiger partial charge on any atom is -0.508 e. The highest BCUT2D eigenvalue weighted by molar-refractivity contribution is 5.78. The summed E-state index contributed by atoms with van der Waals surface area (Å²) in [4.78, 5) is 11.1. The summed E-state index contributed by atoms with van der Waals surface area (Å²) in [6.07, 6.45) is 0. The molecule has 4 heteroatoms. The van der Waals surface area contributed by atoms with Crippen molar-refractivity contribution in [2.75, 3.05) is 7.11 Å². The van der Waals surface area contributed by atoms with Gasteiger partial charge < -0.3 is 14.9 Å². The smallest absolute Gasteiger partial charge is 0.307 e. The maximum atomic E-state index is 11.1. The third kappa shape index (κ3) is 1.73. The lowest BCUT2D eigenvalue weighted by molar-refractivity contribution is -0.139. The van der Waals surface area contributed by atoms with Crippen molar-refractivity contribution in [1.29, 1.82) is 0 Å². The minimum absolute atomic E-state index is 0.0597. The van der Waals surface area contributed by atoms with Crippen LogP contribution >= 0.6 is 0 Å². The number of phenolic OH excluding ortho intramolecular Hbond substituents is 1. The lowest BCUT2D eigenvalue weighted by Gasteiger charge is -2.09. The van der Waals surface area contributed by atoms with Crippen molar-refractivity contribution < 1.29 is 19.7 Å². The number of carbonyl (C=O) groups is 1. The molecule has 0 bridgehead atoms. The van der Waals surface area contributed by atoms with Crippen LogP contribution in [0.3, 0.4) is 0 Å². The molecule has 0 saturated heterocycles. The fraction of sp³-hybridized carbons (Fsp3) is 0.462. The predicted molar refractivity (Wildman–Crippen MR) is 62.3 cm³/mol. The van der Waals surface area contributed by atoms with Gasteiger partial charge in [0, 0.05) is 12.0 Å². The van der Waals surface area contributed by atoms with Gasteiger partial charge in [-0.3, -0.25) is 4.79 Å². The second-order valence-corrected chi connectivity index (χ2v) is 5.04. The van der Waals surface area contributed by atoms with Crippen molar-refractivity contribution in [1.82, 2.24) is 0 Å². The second-order valence-electron chi connectivity index (χ2n) is 5.04. The van der Waals surface area contributed by atoms with Gasteiger partial charge in [0.25, 0.3) is 0 Å². The minimum atomic E-state index is -0.782. The van der Waals surface area contributed by atoms with Crippen molar-refractivity contribution in [3.05, 3.63) is 23.8 Å². The number of benzene rings is 1. The van der Waals surface area contributed by atoms with Crippen molar-refractivity contribution in [2.45, 2.75) is 19.8 Å². The highest BCUT2D eigenvalue weighted by Gasteiger charge is 2.63. The summed E-state index contributed by atoms with van der Waals surface area (Å²) in [6, 6.07) is 4.82. The number of aromatic hydroxyl groups is 1. The van der Waals surface area contributed by atoms with E-state index in [0.717, 1.165) is 5.56 Å². The number of phenols is 1. The molecule has 1 aliphatic carbocycles. The maximum absolute atomic E-state index is 11.1. The van der Waals surface area contributed by atoms with E-state index in [4.69, 9.17) is 9.84 Å². The van der Waals surface area contributed by atoms with Gasteiger partial charge in [-0.15, -0.1) is 0 Å². The molecule has 1 aromatic rings. The van der Waals surface area contributed by atoms with E-state index >= 15 is 0 Å². The molecule has 4 nitrogen and oxygen atoms in total. The standard InChI is InChI=1S/C13H16O4/c1-13(2)10(11(13)12(15)16)8-5-4-7(14)6-9(8)17-3/h4-6,10-11,14H,1-3H3,(H,15,16)/t10-,11+/m0/s1. The average molecular weight is 236 g/mol. The number of hydrogen-bond donors (Lipinski definition) is 2. The number of ether oxygens (including phenoxy) is 1. The van der Waals surface area contributed by atoms with Gasteiger partial charge >= 0.3 is 5.97 Å². The molecular weight excluding hydrogens is 220 g/mol. The average Bonchev–Trinajstić information content (AvgIpc) is 2.81. The Morgan fingerprint density at radius 2 is 2.06 bits per heavy atom. The first-order valence-corrected chi connectivity index (χ1v) is 5.49. The lowest BCUT2D eigenvalue weighted by atomic mass is 10.0. The van der Waals surface area contributed by atoms with Crippen LogP contribution in [0.25, 0.3) is 0 Å². The van der Waals surface area contributed by atoms with Crippen molar-refractivity contribution in [3.63, 3.8) is 0 Å². The zero-order valence-corrected chi connectivity index (χ0v) is 10.1. The molecule has 0 unspecified atom stereocenters. The van der Waals surface area contributed by atoms with E-state index in [9.17, 15) is 9.90 Å². The molecular formula is C13H16O4. The highest BCUT2D eigenvalue weighted by Crippen LogP contribution is 2.65. The number of rotatable bonds is 3. The van der Waals surface area contributed by atoms with Crippen molar-refractivity contribution in [3.8, 4) is 11.5 Å². The molecule has 1 aromatic carbocycles. The second kappa shape index (κ2) is 3.65. The Morgan fingerprint density at radius 1 is 1.41 bits per heavy atom. The molecule has 1 aliphatic rings. The predicted octanol–water partition coefficient (Wildman–Crippen LogP) is 2.22. The largest absolute Gasteiger partial charge is 0.508 e. The Labute approximate surface area is 99.8 Å². The maximum Gasteiger partial charge on any atom is 0.307 e. The first kappa shape index (κ1) is 11.8. The zero-order chi connectivity index (χ0) is 12.8. The first-order valence-electron chi connectivity index (χ1n) is 5.49. The Bertz CT molecular complexity index is 464. The van der Waals surface area contributed by atoms with E-state index in [-0.39, 0.29) is 23.0 Å². The van der Waals surface area contributed by atoms with E-state index in [1.54, 1.807) is 12.1 Å². The Balaban J connectivity index is 2.40. The molecule has 0 aliphatic heterocycles. The summed E-state index contributed by atoms with van der Waals surface area (Å²) in [5.74, 6) is -0.561. The molecule has 0 aromatic heterocycles. The molecule has 0 amide bonds. The molecule has 2 rings (SSSR count). The van der Waals surface area contributed by atoms with Crippen LogP contribution in [0.1, 0.15) is 25.3 Å². The molecule has 2 atom stereocenters. The van der Waals surface area contributed by atoms with Crippen molar-refractivity contribution in [2.24, 2.45) is 11.3 Å². The summed E-state index contributed by atoms with van der Waals surface area (Å²) in [5.41, 5.74) is 0.582. The molecule has 2 N–H and O–H groups in total. The van der Waals surface area contributed by atoms with E-state index in [2.05, 4.69) is 0 Å². The zero-order valence-electron chi connectivity index (χ0n) is 10.1. The third-order valence-electron chi connectivity index (χ3n) is 3.65. The first-order chi connectivity index (χ1) is 7.89. The Kier molecular flexibility index (Phi) is 2.53. The summed E-state index contributed by atoms with van der Waals surface area (Å²) in [7, 11) is 1.52. The number of carboxylic acid groups (broad SMARTS) is 1. The summed E-state index contributed by atoms with van der Waals surface area (Å²) in [6.45, 7) is 3.87. The normalized spacial score (nSPS) is 25.4. The quantitative estimate of drug-likeness (QED) is 0.844. The van der Waals surface area contributed by atoms with Gasteiger partial charge in [0.2, 0.25) is 0 Å². The topological polar surface area (TPSA) is 66.8 Å². The number of hydrogen-bond acceptors (Lipinski definition) is 3. The van der Waals surface area contributed by atoms with E-state index < -0.39 is 5.97 Å². The van der Waals surface area contributed by atoms with Crippen LogP contribution in [0, 0.1) is 11.3 Å². The third-order valence-corrected chi connectivity index (χ3v) is 3.65. The van der Waals surface area contributed by atoms with Crippen LogP contribution in [0.2, 0.25) is 0 Å². The van der Waals surface area contributed by atoms with Crippen LogP contribution in [-0.4, -0.2) is 23.3 Å². The van der Waals surface area contributed by atoms with E-state index in [1.165, 1.54) is 13.2 Å². The van der Waals surface area contributed by atoms with E-state index in [0.29, 0.717) is 5.75 Å². The number of carboxylic acids is 1. The highest BCUT2D eigenvalue weighted by atomic mass is 16.5. The molecule has 92 valence electrons. The number of methoxy groups -OCH3 is 1. The van der Waals surface area contributed by atoms with Crippen LogP contribution in [0.5, 0.6) is 11.5 Å². The van der Waals surface area contributed by atoms with Gasteiger partial charge in [-0.25, -0.2) is 0 Å². The molecule has 0 heterocycles. The Hall–Kier alpha value is -1.71. The molecule has 17 heavy (non-hydrogen) atoms. The van der Waals surface area contributed by atoms with Gasteiger partial charge in [0.05, 0.1) is 13.0 Å². The molecule has 0 spiro atoms. The van der Waals surface area contributed by atoms with Crippen LogP contribution in [0.4, 0.5) is 0 Å². The summed E-state index contributed by atoms with van der Waals surface area (Å²) < 4.78 is 5.20. The van der Waals surface area contributed by atoms with Gasteiger partial charge in [0.1, 0.15) is 11.5 Å². The Morgan fingerprint density at radius 3 is 2.53 bits per heavy atom. The van der Waals surface area contributed by atoms with Gasteiger partial charge in [-0.05, 0) is 17.0 Å². The lowest BCUT2D eigenvalue weighted by Crippen LogP contribution is -2.03. The fourth-order valence-electron chi connectivity index (χ4n) is 2.64. The van der Waals surface area contributed by atoms with Gasteiger partial charge in [0.15, 0.2) is 0 Å². The monoisotopic (exact) mass is 236 g/mol. The fourth-order valence-corrected chi connectivity index (χ4v) is 2.64. The van der Waals surface area contributed by atoms with Crippen LogP contribution < -0.4 is 4.74 Å². The molecule has 1 fully saturated rings. The summed E-state index contributed by atoms with van der Waals surface area (Å²) >= 11 is 0. The SMILES string of the molecule is COc1cc(O)ccc1[C@H]1[C@H](C(=O)O)C1(C)C. The van der Waals surface area contributed by atoms with Gasteiger partial charge in [-0.1, -0.05) is 19.9 Å². The van der Waals surface area contributed by atoms with Gasteiger partial charge in [-0.2, -0.15) is 0 Å². The molecule has 0 radical (unpaired) electrons. The molecule has 1 saturated carbocycles. The number of aliphatic carboxylic acids is 1. The van der Waals surface area contributed by atoms with Crippen molar-refractivity contribution >= 4 is 5.97 Å². The van der Waals surface area contributed by atoms with Crippen LogP contribution in [0.15, 0.2) is 18.2 Å². The van der Waals surface area contributed by atoms with Crippen LogP contribution in [-0.2, 0) is 4.79 Å².